The van der Waals surface area contributed by atoms with Gasteiger partial charge < -0.3 is 15.3 Å². The van der Waals surface area contributed by atoms with E-state index in [1.54, 1.807) is 0 Å². The smallest absolute Gasteiger partial charge is 0.106 e. The molecule has 1 aliphatic carbocycles. The summed E-state index contributed by atoms with van der Waals surface area (Å²) in [5.41, 5.74) is 0. The van der Waals surface area contributed by atoms with Crippen molar-refractivity contribution >= 4 is 0 Å². The molecule has 0 bridgehead atoms. The second-order valence-electron chi connectivity index (χ2n) is 3.37. The van der Waals surface area contributed by atoms with Crippen LogP contribution in [-0.2, 0) is 0 Å². The Hall–Kier alpha value is -0.120. The highest BCUT2D eigenvalue weighted by Gasteiger charge is 2.33. The Kier molecular flexibility index (Phi) is 2.87. The molecule has 0 heterocycles. The van der Waals surface area contributed by atoms with E-state index in [9.17, 15) is 10.2 Å². The molecule has 1 fully saturated rings. The second-order valence-corrected chi connectivity index (χ2v) is 3.37. The highest BCUT2D eigenvalue weighted by molar-refractivity contribution is 4.85. The lowest BCUT2D eigenvalue weighted by molar-refractivity contribution is -0.1000. The van der Waals surface area contributed by atoms with Crippen LogP contribution in [0, 0.1) is 5.92 Å². The topological polar surface area (TPSA) is 60.7 Å². The summed E-state index contributed by atoms with van der Waals surface area (Å²) in [5.74, 6) is 0.364. The van der Waals surface area contributed by atoms with E-state index < -0.39 is 18.3 Å². The van der Waals surface area contributed by atoms with Crippen LogP contribution >= 0.6 is 0 Å². The van der Waals surface area contributed by atoms with Gasteiger partial charge in [0.25, 0.3) is 0 Å². The van der Waals surface area contributed by atoms with Gasteiger partial charge in [-0.1, -0.05) is 13.3 Å². The quantitative estimate of drug-likeness (QED) is 0.501. The minimum Gasteiger partial charge on any atom is -0.390 e. The van der Waals surface area contributed by atoms with Crippen molar-refractivity contribution in [2.45, 2.75) is 44.5 Å². The lowest BCUT2D eigenvalue weighted by Crippen LogP contribution is -2.44. The zero-order valence-corrected chi connectivity index (χ0v) is 6.77. The largest absolute Gasteiger partial charge is 0.390 e. The van der Waals surface area contributed by atoms with Crippen molar-refractivity contribution < 1.29 is 15.3 Å². The summed E-state index contributed by atoms with van der Waals surface area (Å²) in [6, 6.07) is 0. The SMILES string of the molecule is CCC1CC(O)C(O)[C@@H](O)C1. The average molecular weight is 160 g/mol. The number of aliphatic hydroxyl groups excluding tert-OH is 3. The summed E-state index contributed by atoms with van der Waals surface area (Å²) in [5, 5.41) is 27.6. The number of aliphatic hydroxyl groups is 3. The highest BCUT2D eigenvalue weighted by Crippen LogP contribution is 2.27. The van der Waals surface area contributed by atoms with Gasteiger partial charge in [-0.15, -0.1) is 0 Å². The monoisotopic (exact) mass is 160 g/mol. The van der Waals surface area contributed by atoms with E-state index in [1.165, 1.54) is 0 Å². The molecule has 0 saturated heterocycles. The summed E-state index contributed by atoms with van der Waals surface area (Å²) in [6.07, 6.45) is -0.199. The predicted molar refractivity (Wildman–Crippen MR) is 41.0 cm³/mol. The Labute approximate surface area is 66.7 Å². The van der Waals surface area contributed by atoms with Crippen molar-refractivity contribution in [2.75, 3.05) is 0 Å². The van der Waals surface area contributed by atoms with E-state index in [1.807, 2.05) is 6.92 Å². The minimum atomic E-state index is -0.933. The molecule has 1 aliphatic rings. The maximum atomic E-state index is 9.24. The van der Waals surface area contributed by atoms with Gasteiger partial charge in [-0.05, 0) is 18.8 Å². The van der Waals surface area contributed by atoms with Gasteiger partial charge in [0, 0.05) is 0 Å². The molecule has 0 amide bonds. The molecule has 0 aromatic carbocycles. The van der Waals surface area contributed by atoms with Crippen molar-refractivity contribution in [2.24, 2.45) is 5.92 Å². The molecule has 3 N–H and O–H groups in total. The van der Waals surface area contributed by atoms with Crippen molar-refractivity contribution in [1.82, 2.24) is 0 Å². The molecule has 0 aliphatic heterocycles. The third kappa shape index (κ3) is 1.92. The molecule has 0 aromatic rings. The highest BCUT2D eigenvalue weighted by atomic mass is 16.4. The van der Waals surface area contributed by atoms with Crippen LogP contribution in [0.3, 0.4) is 0 Å². The van der Waals surface area contributed by atoms with Crippen LogP contribution in [0.1, 0.15) is 26.2 Å². The molecule has 3 unspecified atom stereocenters. The van der Waals surface area contributed by atoms with Crippen LogP contribution in [0.15, 0.2) is 0 Å². The van der Waals surface area contributed by atoms with Crippen LogP contribution in [0.25, 0.3) is 0 Å². The Morgan fingerprint density at radius 1 is 1.09 bits per heavy atom. The fraction of sp³-hybridized carbons (Fsp3) is 1.00. The molecule has 11 heavy (non-hydrogen) atoms. The summed E-state index contributed by atoms with van der Waals surface area (Å²) >= 11 is 0. The summed E-state index contributed by atoms with van der Waals surface area (Å²) in [4.78, 5) is 0. The number of hydrogen-bond donors (Lipinski definition) is 3. The third-order valence-corrected chi connectivity index (χ3v) is 2.52. The van der Waals surface area contributed by atoms with Crippen molar-refractivity contribution in [1.29, 1.82) is 0 Å². The first kappa shape index (κ1) is 8.97. The van der Waals surface area contributed by atoms with Crippen LogP contribution in [-0.4, -0.2) is 33.6 Å². The standard InChI is InChI=1S/C8H16O3/c1-2-5-3-6(9)8(11)7(10)4-5/h5-11H,2-4H2,1H3/t5?,6-,7?,8?/m0/s1. The second kappa shape index (κ2) is 3.52. The molecule has 3 nitrogen and oxygen atoms in total. The lowest BCUT2D eigenvalue weighted by atomic mass is 9.82. The first-order valence-electron chi connectivity index (χ1n) is 4.19. The van der Waals surface area contributed by atoms with Crippen LogP contribution in [0.5, 0.6) is 0 Å². The molecule has 0 radical (unpaired) electrons. The van der Waals surface area contributed by atoms with E-state index in [4.69, 9.17) is 5.11 Å². The molecular weight excluding hydrogens is 144 g/mol. The van der Waals surface area contributed by atoms with E-state index in [0.29, 0.717) is 18.8 Å². The maximum Gasteiger partial charge on any atom is 0.106 e. The fourth-order valence-corrected chi connectivity index (χ4v) is 1.65. The molecular formula is C8H16O3. The van der Waals surface area contributed by atoms with E-state index in [0.717, 1.165) is 6.42 Å². The Balaban J connectivity index is 2.47. The summed E-state index contributed by atoms with van der Waals surface area (Å²) in [7, 11) is 0. The van der Waals surface area contributed by atoms with Gasteiger partial charge in [0.2, 0.25) is 0 Å². The Bertz CT molecular complexity index is 115. The normalized spacial score (nSPS) is 45.8. The van der Waals surface area contributed by atoms with Crippen LogP contribution in [0.4, 0.5) is 0 Å². The van der Waals surface area contributed by atoms with Crippen molar-refractivity contribution in [3.63, 3.8) is 0 Å². The molecule has 0 spiro atoms. The van der Waals surface area contributed by atoms with E-state index in [-0.39, 0.29) is 0 Å². The van der Waals surface area contributed by atoms with Gasteiger partial charge in [-0.3, -0.25) is 0 Å². The molecule has 1 saturated carbocycles. The molecule has 3 heteroatoms. The zero-order valence-electron chi connectivity index (χ0n) is 6.77. The number of hydrogen-bond acceptors (Lipinski definition) is 3. The summed E-state index contributed by atoms with van der Waals surface area (Å²) < 4.78 is 0. The maximum absolute atomic E-state index is 9.24. The number of rotatable bonds is 1. The molecule has 0 aromatic heterocycles. The van der Waals surface area contributed by atoms with Crippen LogP contribution < -0.4 is 0 Å². The fourth-order valence-electron chi connectivity index (χ4n) is 1.65. The molecule has 4 atom stereocenters. The van der Waals surface area contributed by atoms with Gasteiger partial charge in [0.1, 0.15) is 6.10 Å². The van der Waals surface area contributed by atoms with Gasteiger partial charge in [0.15, 0.2) is 0 Å². The third-order valence-electron chi connectivity index (χ3n) is 2.52. The first-order chi connectivity index (χ1) is 5.15. The lowest BCUT2D eigenvalue weighted by Gasteiger charge is -2.33. The average Bonchev–Trinajstić information content (AvgIpc) is 1.99. The first-order valence-corrected chi connectivity index (χ1v) is 4.19. The zero-order chi connectivity index (χ0) is 8.43. The molecule has 1 rings (SSSR count). The van der Waals surface area contributed by atoms with Crippen molar-refractivity contribution in [3.05, 3.63) is 0 Å². The van der Waals surface area contributed by atoms with Gasteiger partial charge in [-0.2, -0.15) is 0 Å². The van der Waals surface area contributed by atoms with Gasteiger partial charge in [0.05, 0.1) is 12.2 Å². The minimum absolute atomic E-state index is 0.364. The van der Waals surface area contributed by atoms with Gasteiger partial charge in [-0.25, -0.2) is 0 Å². The predicted octanol–water partition coefficient (Wildman–Crippen LogP) is -0.111. The van der Waals surface area contributed by atoms with Crippen molar-refractivity contribution in [3.8, 4) is 0 Å². The van der Waals surface area contributed by atoms with E-state index >= 15 is 0 Å². The Morgan fingerprint density at radius 3 is 1.91 bits per heavy atom. The summed E-state index contributed by atoms with van der Waals surface area (Å²) in [6.45, 7) is 2.03. The van der Waals surface area contributed by atoms with Gasteiger partial charge >= 0.3 is 0 Å². The Morgan fingerprint density at radius 2 is 1.55 bits per heavy atom. The van der Waals surface area contributed by atoms with Crippen LogP contribution in [0.2, 0.25) is 0 Å². The van der Waals surface area contributed by atoms with E-state index in [2.05, 4.69) is 0 Å². The molecule has 66 valence electrons.